The maximum atomic E-state index is 11.6. The van der Waals surface area contributed by atoms with E-state index >= 15 is 0 Å². The molecular formula is C13H17BrClNO3. The number of benzene rings is 1. The summed E-state index contributed by atoms with van der Waals surface area (Å²) >= 11 is 3.41. The van der Waals surface area contributed by atoms with E-state index in [1.807, 2.05) is 18.2 Å². The summed E-state index contributed by atoms with van der Waals surface area (Å²) in [6.45, 7) is 3.16. The van der Waals surface area contributed by atoms with Crippen LogP contribution in [0.4, 0.5) is 0 Å². The molecule has 1 aliphatic heterocycles. The number of hydrogen-bond donors (Lipinski definition) is 1. The Hall–Kier alpha value is -0.620. The van der Waals surface area contributed by atoms with Crippen LogP contribution in [-0.2, 0) is 26.2 Å². The Morgan fingerprint density at radius 1 is 1.53 bits per heavy atom. The predicted molar refractivity (Wildman–Crippen MR) is 78.4 cm³/mol. The van der Waals surface area contributed by atoms with Crippen molar-refractivity contribution in [1.82, 2.24) is 0 Å². The van der Waals surface area contributed by atoms with E-state index in [-0.39, 0.29) is 24.8 Å². The molecule has 2 rings (SSSR count). The zero-order chi connectivity index (χ0) is 13.2. The average molecular weight is 351 g/mol. The SMILES string of the molecule is CCOC(=O)Cc1cc(Br)ccc1C1(N)COC1.Cl. The zero-order valence-corrected chi connectivity index (χ0v) is 13.1. The van der Waals surface area contributed by atoms with Crippen molar-refractivity contribution in [3.05, 3.63) is 33.8 Å². The molecule has 4 nitrogen and oxygen atoms in total. The summed E-state index contributed by atoms with van der Waals surface area (Å²) in [6.07, 6.45) is 0.238. The first-order valence-electron chi connectivity index (χ1n) is 5.86. The van der Waals surface area contributed by atoms with Gasteiger partial charge in [-0.2, -0.15) is 0 Å². The first kappa shape index (κ1) is 16.4. The number of rotatable bonds is 4. The third-order valence-corrected chi connectivity index (χ3v) is 3.46. The van der Waals surface area contributed by atoms with E-state index in [1.165, 1.54) is 0 Å². The minimum Gasteiger partial charge on any atom is -0.466 e. The molecule has 0 radical (unpaired) electrons. The minimum absolute atomic E-state index is 0. The summed E-state index contributed by atoms with van der Waals surface area (Å²) in [5, 5.41) is 0. The summed E-state index contributed by atoms with van der Waals surface area (Å²) < 4.78 is 11.1. The second-order valence-corrected chi connectivity index (χ2v) is 5.35. The van der Waals surface area contributed by atoms with Gasteiger partial charge in [-0.25, -0.2) is 0 Å². The third kappa shape index (κ3) is 3.69. The van der Waals surface area contributed by atoms with Crippen molar-refractivity contribution in [3.63, 3.8) is 0 Å². The van der Waals surface area contributed by atoms with Crippen LogP contribution in [0.3, 0.4) is 0 Å². The number of ether oxygens (including phenoxy) is 2. The normalized spacial score (nSPS) is 16.2. The van der Waals surface area contributed by atoms with Crippen molar-refractivity contribution in [3.8, 4) is 0 Å². The molecule has 1 heterocycles. The molecule has 0 saturated carbocycles. The number of hydrogen-bond acceptors (Lipinski definition) is 4. The molecule has 0 unspecified atom stereocenters. The van der Waals surface area contributed by atoms with Crippen LogP contribution in [0.1, 0.15) is 18.1 Å². The summed E-state index contributed by atoms with van der Waals surface area (Å²) in [7, 11) is 0. The van der Waals surface area contributed by atoms with Gasteiger partial charge in [0.2, 0.25) is 0 Å². The average Bonchev–Trinajstić information content (AvgIpc) is 2.26. The van der Waals surface area contributed by atoms with E-state index in [1.54, 1.807) is 6.92 Å². The second-order valence-electron chi connectivity index (χ2n) is 4.43. The molecule has 6 heteroatoms. The fourth-order valence-electron chi connectivity index (χ4n) is 2.04. The highest BCUT2D eigenvalue weighted by atomic mass is 79.9. The molecular weight excluding hydrogens is 334 g/mol. The van der Waals surface area contributed by atoms with Crippen LogP contribution in [0.25, 0.3) is 0 Å². The third-order valence-electron chi connectivity index (χ3n) is 2.96. The summed E-state index contributed by atoms with van der Waals surface area (Å²) in [4.78, 5) is 11.6. The Balaban J connectivity index is 0.00000180. The van der Waals surface area contributed by atoms with E-state index in [2.05, 4.69) is 15.9 Å². The van der Waals surface area contributed by atoms with Crippen molar-refractivity contribution < 1.29 is 14.3 Å². The number of esters is 1. The van der Waals surface area contributed by atoms with Crippen LogP contribution in [0.2, 0.25) is 0 Å². The Kier molecular flexibility index (Phi) is 5.80. The maximum absolute atomic E-state index is 11.6. The fourth-order valence-corrected chi connectivity index (χ4v) is 2.45. The van der Waals surface area contributed by atoms with Gasteiger partial charge < -0.3 is 15.2 Å². The van der Waals surface area contributed by atoms with Crippen molar-refractivity contribution in [2.75, 3.05) is 19.8 Å². The predicted octanol–water partition coefficient (Wildman–Crippen LogP) is 2.16. The van der Waals surface area contributed by atoms with Crippen molar-refractivity contribution in [1.29, 1.82) is 0 Å². The molecule has 0 aliphatic carbocycles. The number of carbonyl (C=O) groups excluding carboxylic acids is 1. The lowest BCUT2D eigenvalue weighted by Gasteiger charge is -2.39. The zero-order valence-electron chi connectivity index (χ0n) is 10.6. The highest BCUT2D eigenvalue weighted by Gasteiger charge is 2.37. The minimum atomic E-state index is -0.470. The van der Waals surface area contributed by atoms with Gasteiger partial charge in [0.25, 0.3) is 0 Å². The van der Waals surface area contributed by atoms with E-state index < -0.39 is 5.54 Å². The van der Waals surface area contributed by atoms with Crippen LogP contribution in [0.15, 0.2) is 22.7 Å². The molecule has 0 aromatic heterocycles. The Bertz CT molecular complexity index is 463. The van der Waals surface area contributed by atoms with Crippen molar-refractivity contribution >= 4 is 34.3 Å². The number of halogens is 2. The smallest absolute Gasteiger partial charge is 0.310 e. The summed E-state index contributed by atoms with van der Waals surface area (Å²) in [5.41, 5.74) is 7.62. The molecule has 0 atom stereocenters. The van der Waals surface area contributed by atoms with Gasteiger partial charge in [-0.1, -0.05) is 22.0 Å². The number of nitrogens with two attached hydrogens (primary N) is 1. The van der Waals surface area contributed by atoms with Gasteiger partial charge in [-0.15, -0.1) is 12.4 Å². The monoisotopic (exact) mass is 349 g/mol. The van der Waals surface area contributed by atoms with E-state index in [0.717, 1.165) is 15.6 Å². The quantitative estimate of drug-likeness (QED) is 0.845. The Morgan fingerprint density at radius 3 is 2.74 bits per heavy atom. The van der Waals surface area contributed by atoms with Gasteiger partial charge in [0, 0.05) is 4.47 Å². The summed E-state index contributed by atoms with van der Waals surface area (Å²) in [5.74, 6) is -0.235. The molecule has 1 aromatic rings. The van der Waals surface area contributed by atoms with Gasteiger partial charge in [0.15, 0.2) is 0 Å². The van der Waals surface area contributed by atoms with Crippen LogP contribution in [0, 0.1) is 0 Å². The molecule has 1 aromatic carbocycles. The molecule has 0 bridgehead atoms. The Morgan fingerprint density at radius 2 is 2.21 bits per heavy atom. The molecule has 1 saturated heterocycles. The standard InChI is InChI=1S/C13H16BrNO3.ClH/c1-2-18-12(16)6-9-5-10(14)3-4-11(9)13(15)7-17-8-13;/h3-5H,2,6-8,15H2,1H3;1H. The summed E-state index contributed by atoms with van der Waals surface area (Å²) in [6, 6.07) is 5.79. The lowest BCUT2D eigenvalue weighted by atomic mass is 9.85. The highest BCUT2D eigenvalue weighted by molar-refractivity contribution is 9.10. The van der Waals surface area contributed by atoms with Gasteiger partial charge >= 0.3 is 5.97 Å². The van der Waals surface area contributed by atoms with Crippen LogP contribution in [0.5, 0.6) is 0 Å². The lowest BCUT2D eigenvalue weighted by Crippen LogP contribution is -2.54. The van der Waals surface area contributed by atoms with Gasteiger partial charge in [-0.05, 0) is 30.2 Å². The molecule has 0 spiro atoms. The van der Waals surface area contributed by atoms with E-state index in [4.69, 9.17) is 15.2 Å². The molecule has 19 heavy (non-hydrogen) atoms. The second kappa shape index (κ2) is 6.70. The first-order chi connectivity index (χ1) is 8.55. The largest absolute Gasteiger partial charge is 0.466 e. The van der Waals surface area contributed by atoms with E-state index in [0.29, 0.717) is 19.8 Å². The number of carbonyl (C=O) groups is 1. The van der Waals surface area contributed by atoms with Gasteiger partial charge in [-0.3, -0.25) is 4.79 Å². The molecule has 106 valence electrons. The highest BCUT2D eigenvalue weighted by Crippen LogP contribution is 2.31. The molecule has 2 N–H and O–H groups in total. The van der Waals surface area contributed by atoms with Gasteiger partial charge in [0.05, 0.1) is 31.8 Å². The Labute approximate surface area is 127 Å². The van der Waals surface area contributed by atoms with Crippen LogP contribution in [-0.4, -0.2) is 25.8 Å². The first-order valence-corrected chi connectivity index (χ1v) is 6.65. The maximum Gasteiger partial charge on any atom is 0.310 e. The van der Waals surface area contributed by atoms with Crippen molar-refractivity contribution in [2.24, 2.45) is 5.73 Å². The molecule has 0 amide bonds. The lowest BCUT2D eigenvalue weighted by molar-refractivity contribution is -0.142. The topological polar surface area (TPSA) is 61.5 Å². The van der Waals surface area contributed by atoms with Crippen LogP contribution < -0.4 is 5.73 Å². The molecule has 1 fully saturated rings. The molecule has 1 aliphatic rings. The fraction of sp³-hybridized carbons (Fsp3) is 0.462. The van der Waals surface area contributed by atoms with Crippen LogP contribution >= 0.6 is 28.3 Å². The van der Waals surface area contributed by atoms with Gasteiger partial charge in [0.1, 0.15) is 0 Å². The van der Waals surface area contributed by atoms with Crippen molar-refractivity contribution in [2.45, 2.75) is 18.9 Å². The van der Waals surface area contributed by atoms with E-state index in [9.17, 15) is 4.79 Å².